The van der Waals surface area contributed by atoms with E-state index in [0.717, 1.165) is 15.7 Å². The first kappa shape index (κ1) is 22.5. The third-order valence-corrected chi connectivity index (χ3v) is 8.08. The van der Waals surface area contributed by atoms with Crippen LogP contribution in [-0.2, 0) is 4.79 Å². The number of halogens is 1. The topological polar surface area (TPSA) is 120 Å². The Hall–Kier alpha value is -2.66. The van der Waals surface area contributed by atoms with Crippen LogP contribution in [0, 0.1) is 28.1 Å². The molecule has 1 atom stereocenters. The molecule has 0 amide bonds. The van der Waals surface area contributed by atoms with E-state index in [9.17, 15) is 10.1 Å². The number of nitriles is 2. The Kier molecular flexibility index (Phi) is 6.13. The van der Waals surface area contributed by atoms with Gasteiger partial charge in [-0.25, -0.2) is 0 Å². The first-order valence-electron chi connectivity index (χ1n) is 9.81. The van der Waals surface area contributed by atoms with Crippen LogP contribution >= 0.6 is 39.0 Å². The minimum absolute atomic E-state index is 0.00541. The minimum Gasteiger partial charge on any atom is -0.384 e. The van der Waals surface area contributed by atoms with Crippen LogP contribution < -0.4 is 10.6 Å². The van der Waals surface area contributed by atoms with Crippen molar-refractivity contribution in [1.82, 2.24) is 10.2 Å². The number of carbonyl (C=O) groups is 1. The molecule has 2 aromatic rings. The Labute approximate surface area is 202 Å². The lowest BCUT2D eigenvalue weighted by atomic mass is 9.69. The Bertz CT molecular complexity index is 1250. The summed E-state index contributed by atoms with van der Waals surface area (Å²) < 4.78 is 1.44. The van der Waals surface area contributed by atoms with E-state index >= 15 is 0 Å². The molecular formula is C22H19BrN6OS2. The Morgan fingerprint density at radius 3 is 2.75 bits per heavy atom. The highest BCUT2D eigenvalue weighted by molar-refractivity contribution is 9.10. The Balaban J connectivity index is 1.94. The smallest absolute Gasteiger partial charge is 0.219 e. The molecule has 1 aliphatic heterocycles. The quantitative estimate of drug-likeness (QED) is 0.560. The lowest BCUT2D eigenvalue weighted by Gasteiger charge is -2.42. The van der Waals surface area contributed by atoms with Crippen molar-refractivity contribution in [3.8, 4) is 12.1 Å². The molecule has 0 bridgehead atoms. The van der Waals surface area contributed by atoms with E-state index in [0.29, 0.717) is 33.5 Å². The average Bonchev–Trinajstić information content (AvgIpc) is 3.19. The maximum absolute atomic E-state index is 13.5. The van der Waals surface area contributed by atoms with Crippen molar-refractivity contribution in [2.45, 2.75) is 36.9 Å². The third-order valence-electron chi connectivity index (χ3n) is 5.44. The largest absolute Gasteiger partial charge is 0.384 e. The van der Waals surface area contributed by atoms with Crippen molar-refractivity contribution >= 4 is 49.9 Å². The lowest BCUT2D eigenvalue weighted by molar-refractivity contribution is -0.118. The summed E-state index contributed by atoms with van der Waals surface area (Å²) in [6.45, 7) is 4.10. The molecule has 2 heterocycles. The molecule has 2 aliphatic rings. The molecule has 4 rings (SSSR count). The van der Waals surface area contributed by atoms with Crippen LogP contribution in [0.5, 0.6) is 0 Å². The van der Waals surface area contributed by atoms with E-state index in [1.54, 1.807) is 4.90 Å². The first-order valence-corrected chi connectivity index (χ1v) is 12.4. The summed E-state index contributed by atoms with van der Waals surface area (Å²) in [5, 5.41) is 27.9. The highest BCUT2D eigenvalue weighted by Crippen LogP contribution is 2.51. The number of nitrogens with zero attached hydrogens (tertiary/aromatic N) is 5. The van der Waals surface area contributed by atoms with Crippen molar-refractivity contribution < 1.29 is 4.79 Å². The molecule has 1 aliphatic carbocycles. The van der Waals surface area contributed by atoms with Gasteiger partial charge < -0.3 is 5.73 Å². The van der Waals surface area contributed by atoms with Crippen molar-refractivity contribution in [3.05, 3.63) is 57.0 Å². The molecular weight excluding hydrogens is 508 g/mol. The maximum Gasteiger partial charge on any atom is 0.219 e. The van der Waals surface area contributed by atoms with Gasteiger partial charge in [0, 0.05) is 22.2 Å². The van der Waals surface area contributed by atoms with Crippen molar-refractivity contribution in [2.24, 2.45) is 11.1 Å². The van der Waals surface area contributed by atoms with Crippen molar-refractivity contribution in [2.75, 3.05) is 10.7 Å². The summed E-state index contributed by atoms with van der Waals surface area (Å²) in [4.78, 5) is 15.2. The van der Waals surface area contributed by atoms with Gasteiger partial charge >= 0.3 is 0 Å². The minimum atomic E-state index is -0.550. The van der Waals surface area contributed by atoms with Gasteiger partial charge in [0.2, 0.25) is 5.13 Å². The molecule has 0 fully saturated rings. The van der Waals surface area contributed by atoms with Crippen LogP contribution in [0.1, 0.15) is 38.2 Å². The predicted molar refractivity (Wildman–Crippen MR) is 127 cm³/mol. The number of hydrogen-bond donors (Lipinski definition) is 1. The van der Waals surface area contributed by atoms with Gasteiger partial charge in [0.1, 0.15) is 5.82 Å². The maximum atomic E-state index is 13.5. The first-order chi connectivity index (χ1) is 15.3. The van der Waals surface area contributed by atoms with Gasteiger partial charge in [-0.2, -0.15) is 10.5 Å². The summed E-state index contributed by atoms with van der Waals surface area (Å²) in [5.41, 5.74) is 8.82. The number of aromatic nitrogens is 2. The number of benzene rings is 1. The molecule has 162 valence electrons. The molecule has 1 aromatic carbocycles. The number of carbonyl (C=O) groups excluding carboxylic acids is 1. The van der Waals surface area contributed by atoms with E-state index in [1.807, 2.05) is 38.1 Å². The number of ketones is 1. The molecule has 0 radical (unpaired) electrons. The van der Waals surface area contributed by atoms with Crippen LogP contribution in [0.2, 0.25) is 0 Å². The predicted octanol–water partition coefficient (Wildman–Crippen LogP) is 4.86. The summed E-state index contributed by atoms with van der Waals surface area (Å²) in [6.07, 6.45) is 0.993. The number of thioether (sulfide) groups is 1. The van der Waals surface area contributed by atoms with Crippen LogP contribution in [-0.4, -0.2) is 21.7 Å². The second-order valence-corrected chi connectivity index (χ2v) is 11.3. The Morgan fingerprint density at radius 1 is 1.31 bits per heavy atom. The molecule has 32 heavy (non-hydrogen) atoms. The van der Waals surface area contributed by atoms with Gasteiger partial charge in [0.25, 0.3) is 0 Å². The van der Waals surface area contributed by atoms with Crippen LogP contribution in [0.25, 0.3) is 0 Å². The Morgan fingerprint density at radius 2 is 2.06 bits per heavy atom. The highest BCUT2D eigenvalue weighted by atomic mass is 79.9. The van der Waals surface area contributed by atoms with Gasteiger partial charge in [-0.05, 0) is 23.5 Å². The monoisotopic (exact) mass is 526 g/mol. The molecule has 7 nitrogen and oxygen atoms in total. The van der Waals surface area contributed by atoms with Crippen LogP contribution in [0.15, 0.2) is 55.7 Å². The number of rotatable bonds is 4. The fraction of sp³-hybridized carbons (Fsp3) is 0.318. The normalized spacial score (nSPS) is 20.1. The van der Waals surface area contributed by atoms with E-state index < -0.39 is 5.92 Å². The molecule has 2 N–H and O–H groups in total. The van der Waals surface area contributed by atoms with E-state index in [2.05, 4.69) is 38.3 Å². The zero-order valence-corrected chi connectivity index (χ0v) is 20.6. The fourth-order valence-corrected chi connectivity index (χ4v) is 6.25. The summed E-state index contributed by atoms with van der Waals surface area (Å²) >= 11 is 6.16. The average molecular weight is 527 g/mol. The number of allylic oxidation sites excluding steroid dienone is 3. The van der Waals surface area contributed by atoms with Crippen molar-refractivity contribution in [1.29, 1.82) is 10.5 Å². The zero-order valence-electron chi connectivity index (χ0n) is 17.4. The van der Waals surface area contributed by atoms with Gasteiger partial charge in [-0.3, -0.25) is 9.69 Å². The molecule has 0 saturated heterocycles. The van der Waals surface area contributed by atoms with Crippen LogP contribution in [0.3, 0.4) is 0 Å². The van der Waals surface area contributed by atoms with Gasteiger partial charge in [0.05, 0.1) is 29.4 Å². The van der Waals surface area contributed by atoms with E-state index in [4.69, 9.17) is 11.0 Å². The third kappa shape index (κ3) is 3.95. The summed E-state index contributed by atoms with van der Waals surface area (Å²) in [6, 6.07) is 11.9. The van der Waals surface area contributed by atoms with Crippen molar-refractivity contribution in [3.63, 3.8) is 0 Å². The van der Waals surface area contributed by atoms with Gasteiger partial charge in [-0.15, -0.1) is 10.2 Å². The number of anilines is 1. The molecule has 0 saturated carbocycles. The summed E-state index contributed by atoms with van der Waals surface area (Å²) in [5.74, 6) is -0.0328. The zero-order chi connectivity index (χ0) is 23.0. The number of nitrogens with two attached hydrogens (primary N) is 1. The second-order valence-electron chi connectivity index (χ2n) is 8.30. The molecule has 1 unspecified atom stereocenters. The van der Waals surface area contributed by atoms with E-state index in [1.165, 1.54) is 23.1 Å². The second kappa shape index (κ2) is 8.70. The number of Topliss-reactive ketones (excluding diaryl/α,β-unsaturated/α-hetero) is 1. The number of hydrogen-bond acceptors (Lipinski definition) is 9. The molecule has 1 aromatic heterocycles. The lowest BCUT2D eigenvalue weighted by Crippen LogP contribution is -2.42. The SMILES string of the molecule is CC1(C)CC(=O)C2=C(C1)N(c1nnc(SCC#N)s1)C(N)=C(C#N)C2c1ccccc1Br. The van der Waals surface area contributed by atoms with Gasteiger partial charge in [0.15, 0.2) is 10.1 Å². The highest BCUT2D eigenvalue weighted by Gasteiger charge is 2.45. The molecule has 0 spiro atoms. The summed E-state index contributed by atoms with van der Waals surface area (Å²) in [7, 11) is 0. The van der Waals surface area contributed by atoms with E-state index in [-0.39, 0.29) is 22.8 Å². The molecule has 10 heteroatoms. The van der Waals surface area contributed by atoms with Gasteiger partial charge in [-0.1, -0.05) is 71.1 Å². The van der Waals surface area contributed by atoms with Crippen LogP contribution in [0.4, 0.5) is 5.13 Å². The standard InChI is InChI=1S/C22H19BrN6OS2/c1-22(2)9-15-18(16(30)10-22)17(12-5-3-4-6-14(12)23)13(11-25)19(26)29(15)20-27-28-21(32-20)31-8-7-24/h3-6,17H,8-10,26H2,1-2H3. The fourth-order valence-electron chi connectivity index (χ4n) is 4.19.